The van der Waals surface area contributed by atoms with Crippen LogP contribution in [0.25, 0.3) is 0 Å². The number of hydrogen-bond acceptors (Lipinski definition) is 2. The van der Waals surface area contributed by atoms with E-state index in [0.717, 1.165) is 0 Å². The molecule has 0 aliphatic heterocycles. The minimum absolute atomic E-state index is 0.280. The summed E-state index contributed by atoms with van der Waals surface area (Å²) < 4.78 is 10.9. The van der Waals surface area contributed by atoms with E-state index in [1.807, 2.05) is 18.2 Å². The SMILES string of the molecule is COCC(C)C(C)(OC)c1ccccc1. The molecule has 0 aromatic heterocycles. The highest BCUT2D eigenvalue weighted by Crippen LogP contribution is 2.32. The smallest absolute Gasteiger partial charge is 0.0946 e. The highest BCUT2D eigenvalue weighted by atomic mass is 16.5. The van der Waals surface area contributed by atoms with Crippen molar-refractivity contribution in [1.29, 1.82) is 0 Å². The highest BCUT2D eigenvalue weighted by molar-refractivity contribution is 5.22. The molecular formula is C13H20O2. The molecule has 0 bridgehead atoms. The van der Waals surface area contributed by atoms with Crippen molar-refractivity contribution in [1.82, 2.24) is 0 Å². The van der Waals surface area contributed by atoms with Gasteiger partial charge in [0.2, 0.25) is 0 Å². The van der Waals surface area contributed by atoms with Gasteiger partial charge in [-0.2, -0.15) is 0 Å². The van der Waals surface area contributed by atoms with Crippen LogP contribution in [-0.2, 0) is 15.1 Å². The quantitative estimate of drug-likeness (QED) is 0.740. The Kier molecular flexibility index (Phi) is 4.30. The first kappa shape index (κ1) is 12.2. The zero-order valence-electron chi connectivity index (χ0n) is 9.99. The van der Waals surface area contributed by atoms with Gasteiger partial charge in [0.1, 0.15) is 0 Å². The monoisotopic (exact) mass is 208 g/mol. The van der Waals surface area contributed by atoms with Gasteiger partial charge in [0, 0.05) is 20.1 Å². The molecule has 1 aromatic rings. The van der Waals surface area contributed by atoms with Crippen LogP contribution in [0.1, 0.15) is 19.4 Å². The van der Waals surface area contributed by atoms with E-state index < -0.39 is 0 Å². The molecule has 0 N–H and O–H groups in total. The minimum atomic E-state index is -0.280. The first-order chi connectivity index (χ1) is 7.15. The zero-order chi connectivity index (χ0) is 11.3. The van der Waals surface area contributed by atoms with Crippen LogP contribution in [0.3, 0.4) is 0 Å². The lowest BCUT2D eigenvalue weighted by Gasteiger charge is -2.34. The standard InChI is InChI=1S/C13H20O2/c1-11(10-14-3)13(2,15-4)12-8-6-5-7-9-12/h5-9,11H,10H2,1-4H3. The van der Waals surface area contributed by atoms with Crippen molar-refractivity contribution in [3.63, 3.8) is 0 Å². The average molecular weight is 208 g/mol. The van der Waals surface area contributed by atoms with Crippen LogP contribution < -0.4 is 0 Å². The number of benzene rings is 1. The maximum absolute atomic E-state index is 5.66. The zero-order valence-corrected chi connectivity index (χ0v) is 9.99. The molecule has 0 spiro atoms. The lowest BCUT2D eigenvalue weighted by atomic mass is 9.84. The largest absolute Gasteiger partial charge is 0.384 e. The van der Waals surface area contributed by atoms with Gasteiger partial charge in [-0.3, -0.25) is 0 Å². The second-order valence-corrected chi connectivity index (χ2v) is 4.03. The van der Waals surface area contributed by atoms with Crippen molar-refractivity contribution in [2.24, 2.45) is 5.92 Å². The summed E-state index contributed by atoms with van der Waals surface area (Å²) in [5.74, 6) is 0.315. The predicted octanol–water partition coefficient (Wildman–Crippen LogP) is 2.83. The predicted molar refractivity (Wildman–Crippen MR) is 61.8 cm³/mol. The summed E-state index contributed by atoms with van der Waals surface area (Å²) in [5.41, 5.74) is 0.911. The van der Waals surface area contributed by atoms with E-state index >= 15 is 0 Å². The third kappa shape index (κ3) is 2.58. The second kappa shape index (κ2) is 5.29. The highest BCUT2D eigenvalue weighted by Gasteiger charge is 2.32. The first-order valence-electron chi connectivity index (χ1n) is 5.24. The molecule has 0 saturated carbocycles. The van der Waals surface area contributed by atoms with Crippen molar-refractivity contribution < 1.29 is 9.47 Å². The maximum atomic E-state index is 5.66. The van der Waals surface area contributed by atoms with Crippen molar-refractivity contribution >= 4 is 0 Å². The molecule has 1 rings (SSSR count). The molecule has 0 fully saturated rings. The summed E-state index contributed by atoms with van der Waals surface area (Å²) in [4.78, 5) is 0. The third-order valence-electron chi connectivity index (χ3n) is 3.13. The van der Waals surface area contributed by atoms with E-state index in [1.54, 1.807) is 14.2 Å². The van der Waals surface area contributed by atoms with Gasteiger partial charge in [0.25, 0.3) is 0 Å². The summed E-state index contributed by atoms with van der Waals surface area (Å²) >= 11 is 0. The number of ether oxygens (including phenoxy) is 2. The van der Waals surface area contributed by atoms with E-state index in [0.29, 0.717) is 12.5 Å². The summed E-state index contributed by atoms with van der Waals surface area (Å²) in [6.07, 6.45) is 0. The van der Waals surface area contributed by atoms with E-state index in [1.165, 1.54) is 5.56 Å². The molecule has 1 aromatic carbocycles. The molecule has 0 saturated heterocycles. The lowest BCUT2D eigenvalue weighted by molar-refractivity contribution is -0.0649. The Bertz CT molecular complexity index is 284. The van der Waals surface area contributed by atoms with Gasteiger partial charge in [-0.05, 0) is 12.5 Å². The van der Waals surface area contributed by atoms with Gasteiger partial charge in [0.15, 0.2) is 0 Å². The molecule has 0 radical (unpaired) electrons. The van der Waals surface area contributed by atoms with E-state index in [9.17, 15) is 0 Å². The number of hydrogen-bond donors (Lipinski definition) is 0. The van der Waals surface area contributed by atoms with Crippen molar-refractivity contribution in [3.05, 3.63) is 35.9 Å². The molecule has 2 heteroatoms. The van der Waals surface area contributed by atoms with Gasteiger partial charge >= 0.3 is 0 Å². The molecule has 2 unspecified atom stereocenters. The van der Waals surface area contributed by atoms with Gasteiger partial charge in [-0.25, -0.2) is 0 Å². The van der Waals surface area contributed by atoms with Gasteiger partial charge in [-0.1, -0.05) is 37.3 Å². The molecule has 84 valence electrons. The Hall–Kier alpha value is -0.860. The summed E-state index contributed by atoms with van der Waals surface area (Å²) in [6, 6.07) is 10.3. The number of rotatable bonds is 5. The van der Waals surface area contributed by atoms with E-state index in [2.05, 4.69) is 26.0 Å². The Balaban J connectivity index is 2.94. The molecule has 0 aliphatic rings. The summed E-state index contributed by atoms with van der Waals surface area (Å²) in [7, 11) is 3.47. The molecule has 0 aliphatic carbocycles. The summed E-state index contributed by atoms with van der Waals surface area (Å²) in [6.45, 7) is 4.94. The van der Waals surface area contributed by atoms with Gasteiger partial charge < -0.3 is 9.47 Å². The molecular weight excluding hydrogens is 188 g/mol. The fourth-order valence-corrected chi connectivity index (χ4v) is 1.78. The van der Waals surface area contributed by atoms with E-state index in [4.69, 9.17) is 9.47 Å². The Morgan fingerprint density at radius 3 is 2.27 bits per heavy atom. The molecule has 0 amide bonds. The van der Waals surface area contributed by atoms with Crippen LogP contribution in [-0.4, -0.2) is 20.8 Å². The van der Waals surface area contributed by atoms with Crippen molar-refractivity contribution in [2.75, 3.05) is 20.8 Å². The van der Waals surface area contributed by atoms with Crippen LogP contribution in [0.15, 0.2) is 30.3 Å². The molecule has 2 nitrogen and oxygen atoms in total. The van der Waals surface area contributed by atoms with Crippen LogP contribution in [0.2, 0.25) is 0 Å². The minimum Gasteiger partial charge on any atom is -0.384 e. The average Bonchev–Trinajstić information content (AvgIpc) is 2.29. The van der Waals surface area contributed by atoms with Crippen LogP contribution in [0.5, 0.6) is 0 Å². The fourth-order valence-electron chi connectivity index (χ4n) is 1.78. The maximum Gasteiger partial charge on any atom is 0.0946 e. The first-order valence-corrected chi connectivity index (χ1v) is 5.24. The topological polar surface area (TPSA) is 18.5 Å². The molecule has 2 atom stereocenters. The van der Waals surface area contributed by atoms with Crippen molar-refractivity contribution in [2.45, 2.75) is 19.4 Å². The Labute approximate surface area is 92.2 Å². The Morgan fingerprint density at radius 2 is 1.80 bits per heavy atom. The van der Waals surface area contributed by atoms with Gasteiger partial charge in [-0.15, -0.1) is 0 Å². The van der Waals surface area contributed by atoms with Crippen LogP contribution in [0.4, 0.5) is 0 Å². The second-order valence-electron chi connectivity index (χ2n) is 4.03. The lowest BCUT2D eigenvalue weighted by Crippen LogP contribution is -2.34. The van der Waals surface area contributed by atoms with E-state index in [-0.39, 0.29) is 5.60 Å². The van der Waals surface area contributed by atoms with Gasteiger partial charge in [0.05, 0.1) is 12.2 Å². The third-order valence-corrected chi connectivity index (χ3v) is 3.13. The number of methoxy groups -OCH3 is 2. The summed E-state index contributed by atoms with van der Waals surface area (Å²) in [5, 5.41) is 0. The molecule has 15 heavy (non-hydrogen) atoms. The fraction of sp³-hybridized carbons (Fsp3) is 0.538. The Morgan fingerprint density at radius 1 is 1.20 bits per heavy atom. The van der Waals surface area contributed by atoms with Crippen molar-refractivity contribution in [3.8, 4) is 0 Å². The molecule has 0 heterocycles. The van der Waals surface area contributed by atoms with Crippen LogP contribution in [0, 0.1) is 5.92 Å². The van der Waals surface area contributed by atoms with Crippen LogP contribution >= 0.6 is 0 Å². The normalized spacial score (nSPS) is 17.1.